The molecule has 0 bridgehead atoms. The zero-order chi connectivity index (χ0) is 8.31. The lowest BCUT2D eigenvalue weighted by molar-refractivity contribution is -0.165. The average Bonchev–Trinajstić information content (AvgIpc) is 1.84. The van der Waals surface area contributed by atoms with E-state index >= 15 is 0 Å². The van der Waals surface area contributed by atoms with E-state index in [-0.39, 0.29) is 11.0 Å². The van der Waals surface area contributed by atoms with Crippen LogP contribution in [0.4, 0.5) is 0 Å². The zero-order valence-electron chi connectivity index (χ0n) is 5.76. The van der Waals surface area contributed by atoms with E-state index in [0.717, 1.165) is 0 Å². The van der Waals surface area contributed by atoms with Gasteiger partial charge in [-0.25, -0.2) is 9.59 Å². The van der Waals surface area contributed by atoms with Gasteiger partial charge in [-0.15, -0.1) is 0 Å². The van der Waals surface area contributed by atoms with Gasteiger partial charge in [0.15, 0.2) is 12.2 Å². The van der Waals surface area contributed by atoms with Crippen LogP contribution in [-0.4, -0.2) is 55.5 Å². The summed E-state index contributed by atoms with van der Waals surface area (Å²) in [6, 6.07) is 0. The molecule has 0 aromatic heterocycles. The number of rotatable bonds is 3. The molecule has 0 fully saturated rings. The summed E-state index contributed by atoms with van der Waals surface area (Å²) in [6.07, 6.45) is -4.53. The molecule has 8 heteroatoms. The van der Waals surface area contributed by atoms with Crippen molar-refractivity contribution in [3.05, 3.63) is 0 Å². The van der Waals surface area contributed by atoms with E-state index in [1.807, 2.05) is 0 Å². The lowest BCUT2D eigenvalue weighted by atomic mass is 10.2. The summed E-state index contributed by atoms with van der Waals surface area (Å²) in [5.41, 5.74) is 0. The Morgan fingerprint density at radius 3 is 1.08 bits per heavy atom. The number of aliphatic hydroxyl groups excluding tert-OH is 2. The van der Waals surface area contributed by atoms with E-state index in [4.69, 9.17) is 20.4 Å². The van der Waals surface area contributed by atoms with Crippen molar-refractivity contribution in [2.24, 2.45) is 0 Å². The lowest BCUT2D eigenvalue weighted by Crippen LogP contribution is -2.39. The summed E-state index contributed by atoms with van der Waals surface area (Å²) in [7, 11) is 0. The summed E-state index contributed by atoms with van der Waals surface area (Å²) in [4.78, 5) is 19.5. The van der Waals surface area contributed by atoms with Gasteiger partial charge in [0.25, 0.3) is 0 Å². The van der Waals surface area contributed by atoms with Gasteiger partial charge in [-0.2, -0.15) is 0 Å². The number of aliphatic carboxylic acids is 2. The first-order valence-corrected chi connectivity index (χ1v) is 2.28. The molecule has 74 valence electrons. The van der Waals surface area contributed by atoms with Crippen LogP contribution in [0.3, 0.4) is 0 Å². The fraction of sp³-hybridized carbons (Fsp3) is 0.500. The Kier molecular flexibility index (Phi) is 9.21. The minimum absolute atomic E-state index is 0. The van der Waals surface area contributed by atoms with Crippen molar-refractivity contribution in [1.29, 1.82) is 0 Å². The first kappa shape index (κ1) is 17.0. The van der Waals surface area contributed by atoms with Crippen molar-refractivity contribution in [1.82, 2.24) is 0 Å². The molecule has 0 rings (SSSR count). The molecule has 8 nitrogen and oxygen atoms in total. The molecule has 12 heavy (non-hydrogen) atoms. The van der Waals surface area contributed by atoms with Gasteiger partial charge in [-0.05, 0) is 0 Å². The second-order valence-electron chi connectivity index (χ2n) is 1.57. The van der Waals surface area contributed by atoms with Crippen molar-refractivity contribution in [3.8, 4) is 0 Å². The molecule has 0 aromatic carbocycles. The standard InChI is InChI=1S/C4H6O6.2H2O/c5-1(3(7)8)2(6)4(9)10;;/h1-2,5-6H,(H,7,8)(H,9,10);2*1H2. The Labute approximate surface area is 66.3 Å². The number of hydrogen-bond donors (Lipinski definition) is 4. The van der Waals surface area contributed by atoms with Crippen LogP contribution in [-0.2, 0) is 9.59 Å². The normalized spacial score (nSPS) is 13.2. The molecule has 0 aliphatic heterocycles. The molecule has 0 saturated heterocycles. The molecule has 8 N–H and O–H groups in total. The van der Waals surface area contributed by atoms with E-state index in [0.29, 0.717) is 0 Å². The Balaban J connectivity index is -0.000000405. The zero-order valence-corrected chi connectivity index (χ0v) is 5.76. The maximum atomic E-state index is 9.77. The van der Waals surface area contributed by atoms with Gasteiger partial charge in [0.1, 0.15) is 0 Å². The molecule has 2 unspecified atom stereocenters. The maximum absolute atomic E-state index is 9.77. The molecule has 0 aliphatic rings. The topological polar surface area (TPSA) is 178 Å². The van der Waals surface area contributed by atoms with Crippen molar-refractivity contribution in [2.45, 2.75) is 12.2 Å². The minimum atomic E-state index is -2.27. The highest BCUT2D eigenvalue weighted by Gasteiger charge is 2.29. The summed E-state index contributed by atoms with van der Waals surface area (Å²) in [5.74, 6) is -3.54. The van der Waals surface area contributed by atoms with Crippen molar-refractivity contribution in [3.63, 3.8) is 0 Å². The second kappa shape index (κ2) is 6.49. The predicted octanol–water partition coefficient (Wildman–Crippen LogP) is -3.77. The van der Waals surface area contributed by atoms with Crippen molar-refractivity contribution < 1.29 is 41.0 Å². The van der Waals surface area contributed by atoms with E-state index in [1.165, 1.54) is 0 Å². The van der Waals surface area contributed by atoms with Crippen LogP contribution in [0.25, 0.3) is 0 Å². The first-order valence-electron chi connectivity index (χ1n) is 2.28. The minimum Gasteiger partial charge on any atom is -0.479 e. The van der Waals surface area contributed by atoms with Crippen LogP contribution in [0.1, 0.15) is 0 Å². The summed E-state index contributed by atoms with van der Waals surface area (Å²) in [6.45, 7) is 0. The van der Waals surface area contributed by atoms with Crippen LogP contribution in [0, 0.1) is 0 Å². The lowest BCUT2D eigenvalue weighted by Gasteiger charge is -2.07. The van der Waals surface area contributed by atoms with E-state index < -0.39 is 24.1 Å². The molecule has 0 amide bonds. The van der Waals surface area contributed by atoms with E-state index in [9.17, 15) is 9.59 Å². The highest BCUT2D eigenvalue weighted by molar-refractivity contribution is 5.82. The number of aliphatic hydroxyl groups is 2. The Morgan fingerprint density at radius 2 is 1.00 bits per heavy atom. The fourth-order valence-electron chi connectivity index (χ4n) is 0.270. The van der Waals surface area contributed by atoms with Gasteiger partial charge in [0.05, 0.1) is 0 Å². The van der Waals surface area contributed by atoms with Gasteiger partial charge in [-0.3, -0.25) is 0 Å². The quantitative estimate of drug-likeness (QED) is 0.351. The molecule has 0 radical (unpaired) electrons. The van der Waals surface area contributed by atoms with Gasteiger partial charge < -0.3 is 31.4 Å². The second-order valence-corrected chi connectivity index (χ2v) is 1.57. The van der Waals surface area contributed by atoms with Gasteiger partial charge in [0, 0.05) is 0 Å². The molecule has 0 spiro atoms. The van der Waals surface area contributed by atoms with Gasteiger partial charge in [0.2, 0.25) is 0 Å². The van der Waals surface area contributed by atoms with Crippen LogP contribution in [0.2, 0.25) is 0 Å². The summed E-state index contributed by atoms with van der Waals surface area (Å²) < 4.78 is 0. The van der Waals surface area contributed by atoms with Crippen molar-refractivity contribution in [2.75, 3.05) is 0 Å². The average molecular weight is 186 g/mol. The third kappa shape index (κ3) is 4.57. The van der Waals surface area contributed by atoms with Crippen LogP contribution >= 0.6 is 0 Å². The largest absolute Gasteiger partial charge is 0.479 e. The van der Waals surface area contributed by atoms with Crippen LogP contribution < -0.4 is 0 Å². The van der Waals surface area contributed by atoms with Crippen LogP contribution in [0.5, 0.6) is 0 Å². The monoisotopic (exact) mass is 186 g/mol. The van der Waals surface area contributed by atoms with Gasteiger partial charge >= 0.3 is 11.9 Å². The Morgan fingerprint density at radius 1 is 0.833 bits per heavy atom. The Bertz CT molecular complexity index is 135. The first-order chi connectivity index (χ1) is 4.46. The number of hydrogen-bond acceptors (Lipinski definition) is 4. The number of carboxylic acids is 2. The predicted molar refractivity (Wildman–Crippen MR) is 34.5 cm³/mol. The summed E-state index contributed by atoms with van der Waals surface area (Å²) >= 11 is 0. The molecule has 0 heterocycles. The highest BCUT2D eigenvalue weighted by Crippen LogP contribution is 1.92. The molecule has 0 saturated carbocycles. The van der Waals surface area contributed by atoms with Crippen molar-refractivity contribution >= 4 is 11.9 Å². The smallest absolute Gasteiger partial charge is 0.335 e. The molecular weight excluding hydrogens is 176 g/mol. The SMILES string of the molecule is O.O.O=C(O)C(O)C(O)C(=O)O. The fourth-order valence-corrected chi connectivity index (χ4v) is 0.270. The Hall–Kier alpha value is -1.22. The number of carboxylic acid groups (broad SMARTS) is 2. The maximum Gasteiger partial charge on any atom is 0.335 e. The third-order valence-electron chi connectivity index (χ3n) is 0.805. The van der Waals surface area contributed by atoms with Crippen LogP contribution in [0.15, 0.2) is 0 Å². The molecule has 2 atom stereocenters. The molecular formula is C4H10O8. The van der Waals surface area contributed by atoms with E-state index in [1.54, 1.807) is 0 Å². The summed E-state index contributed by atoms with van der Waals surface area (Å²) in [5, 5.41) is 32.5. The molecule has 0 aromatic rings. The third-order valence-corrected chi connectivity index (χ3v) is 0.805. The highest BCUT2D eigenvalue weighted by atomic mass is 16.4. The van der Waals surface area contributed by atoms with E-state index in [2.05, 4.69) is 0 Å². The molecule has 0 aliphatic carbocycles. The number of carbonyl (C=O) groups is 2. The van der Waals surface area contributed by atoms with Gasteiger partial charge in [-0.1, -0.05) is 0 Å².